The van der Waals surface area contributed by atoms with Gasteiger partial charge in [-0.15, -0.1) is 0 Å². The molecule has 0 aromatic carbocycles. The molecule has 1 N–H and O–H groups in total. The highest BCUT2D eigenvalue weighted by Gasteiger charge is 2.14. The molecule has 8 heteroatoms. The fourth-order valence-electron chi connectivity index (χ4n) is 1.31. The maximum Gasteiger partial charge on any atom is 0.194 e. The third-order valence-electron chi connectivity index (χ3n) is 2.01. The van der Waals surface area contributed by atoms with Crippen molar-refractivity contribution in [2.75, 3.05) is 19.0 Å². The molecule has 0 spiro atoms. The van der Waals surface area contributed by atoms with Gasteiger partial charge in [0.05, 0.1) is 7.11 Å². The van der Waals surface area contributed by atoms with Gasteiger partial charge in [-0.1, -0.05) is 0 Å². The third-order valence-corrected chi connectivity index (χ3v) is 3.84. The summed E-state index contributed by atoms with van der Waals surface area (Å²) < 4.78 is 10.3. The molecular formula is C10H13N5OS2. The second kappa shape index (κ2) is 5.96. The first-order chi connectivity index (χ1) is 8.74. The number of methoxy groups -OCH3 is 1. The molecule has 2 aromatic rings. The molecule has 0 aliphatic heterocycles. The first kappa shape index (κ1) is 13.0. The SMILES string of the molecule is CCNc1ncnc(Sc2nc(C)ns2)c1OC. The van der Waals surface area contributed by atoms with E-state index in [-0.39, 0.29) is 0 Å². The third kappa shape index (κ3) is 2.88. The van der Waals surface area contributed by atoms with E-state index in [0.717, 1.165) is 21.7 Å². The second-order valence-electron chi connectivity index (χ2n) is 3.30. The molecule has 0 bridgehead atoms. The normalized spacial score (nSPS) is 10.4. The topological polar surface area (TPSA) is 72.8 Å². The highest BCUT2D eigenvalue weighted by Crippen LogP contribution is 2.37. The van der Waals surface area contributed by atoms with Crippen LogP contribution in [-0.2, 0) is 0 Å². The van der Waals surface area contributed by atoms with E-state index in [9.17, 15) is 0 Å². The van der Waals surface area contributed by atoms with Gasteiger partial charge in [0.15, 0.2) is 20.9 Å². The molecule has 0 unspecified atom stereocenters. The standard InChI is InChI=1S/C10H13N5OS2/c1-4-11-8-7(16-3)9(13-5-12-8)17-10-14-6(2)15-18-10/h5H,4H2,1-3H3,(H,11,12,13). The van der Waals surface area contributed by atoms with Crippen molar-refractivity contribution in [3.05, 3.63) is 12.2 Å². The highest BCUT2D eigenvalue weighted by atomic mass is 32.2. The number of aryl methyl sites for hydroxylation is 1. The summed E-state index contributed by atoms with van der Waals surface area (Å²) in [7, 11) is 1.61. The van der Waals surface area contributed by atoms with Gasteiger partial charge in [-0.3, -0.25) is 0 Å². The van der Waals surface area contributed by atoms with Crippen molar-refractivity contribution < 1.29 is 4.74 Å². The van der Waals surface area contributed by atoms with Crippen LogP contribution in [0.4, 0.5) is 5.82 Å². The van der Waals surface area contributed by atoms with Gasteiger partial charge in [-0.05, 0) is 37.1 Å². The lowest BCUT2D eigenvalue weighted by Gasteiger charge is -2.10. The lowest BCUT2D eigenvalue weighted by Crippen LogP contribution is -2.03. The molecule has 96 valence electrons. The van der Waals surface area contributed by atoms with Gasteiger partial charge in [0.2, 0.25) is 0 Å². The summed E-state index contributed by atoms with van der Waals surface area (Å²) in [6.45, 7) is 4.64. The van der Waals surface area contributed by atoms with Crippen LogP contribution in [-0.4, -0.2) is 33.0 Å². The Balaban J connectivity index is 2.29. The fourth-order valence-corrected chi connectivity index (χ4v) is 2.95. The second-order valence-corrected chi connectivity index (χ2v) is 5.29. The molecule has 2 heterocycles. The van der Waals surface area contributed by atoms with Crippen LogP contribution in [0.15, 0.2) is 15.7 Å². The minimum absolute atomic E-state index is 0.636. The van der Waals surface area contributed by atoms with E-state index in [4.69, 9.17) is 4.74 Å². The van der Waals surface area contributed by atoms with Crippen LogP contribution in [0, 0.1) is 6.92 Å². The van der Waals surface area contributed by atoms with Crippen LogP contribution in [0.1, 0.15) is 12.7 Å². The molecule has 18 heavy (non-hydrogen) atoms. The van der Waals surface area contributed by atoms with E-state index in [0.29, 0.717) is 11.6 Å². The number of ether oxygens (including phenoxy) is 1. The van der Waals surface area contributed by atoms with Crippen molar-refractivity contribution in [3.63, 3.8) is 0 Å². The Morgan fingerprint density at radius 3 is 2.89 bits per heavy atom. The number of hydrogen-bond donors (Lipinski definition) is 1. The van der Waals surface area contributed by atoms with Crippen LogP contribution in [0.3, 0.4) is 0 Å². The first-order valence-electron chi connectivity index (χ1n) is 5.35. The molecule has 0 amide bonds. The Kier molecular flexibility index (Phi) is 4.32. The lowest BCUT2D eigenvalue weighted by atomic mass is 10.5. The summed E-state index contributed by atoms with van der Waals surface area (Å²) in [4.78, 5) is 12.7. The Morgan fingerprint density at radius 1 is 1.44 bits per heavy atom. The quantitative estimate of drug-likeness (QED) is 0.843. The summed E-state index contributed by atoms with van der Waals surface area (Å²) in [5.74, 6) is 2.10. The minimum Gasteiger partial charge on any atom is -0.490 e. The number of hydrogen-bond acceptors (Lipinski definition) is 8. The van der Waals surface area contributed by atoms with Crippen molar-refractivity contribution in [1.82, 2.24) is 19.3 Å². The van der Waals surface area contributed by atoms with E-state index in [1.54, 1.807) is 7.11 Å². The largest absolute Gasteiger partial charge is 0.490 e. The smallest absolute Gasteiger partial charge is 0.194 e. The van der Waals surface area contributed by atoms with Crippen LogP contribution in [0.25, 0.3) is 0 Å². The van der Waals surface area contributed by atoms with E-state index >= 15 is 0 Å². The van der Waals surface area contributed by atoms with Crippen LogP contribution in [0.5, 0.6) is 5.75 Å². The van der Waals surface area contributed by atoms with Crippen molar-refractivity contribution >= 4 is 29.1 Å². The van der Waals surface area contributed by atoms with Gasteiger partial charge in [-0.2, -0.15) is 4.37 Å². The minimum atomic E-state index is 0.636. The number of anilines is 1. The average molecular weight is 283 g/mol. The molecule has 0 aliphatic rings. The summed E-state index contributed by atoms with van der Waals surface area (Å²) in [5.41, 5.74) is 0. The predicted molar refractivity (Wildman–Crippen MR) is 71.5 cm³/mol. The Hall–Kier alpha value is -1.41. The fraction of sp³-hybridized carbons (Fsp3) is 0.400. The van der Waals surface area contributed by atoms with Crippen LogP contribution in [0.2, 0.25) is 0 Å². The molecule has 2 aromatic heterocycles. The Labute approximate surface area is 113 Å². The van der Waals surface area contributed by atoms with E-state index in [1.807, 2.05) is 13.8 Å². The number of aromatic nitrogens is 4. The highest BCUT2D eigenvalue weighted by molar-refractivity contribution is 8.01. The molecule has 6 nitrogen and oxygen atoms in total. The number of nitrogens with one attached hydrogen (secondary N) is 1. The monoisotopic (exact) mass is 283 g/mol. The van der Waals surface area contributed by atoms with E-state index in [2.05, 4.69) is 24.6 Å². The molecule has 0 atom stereocenters. The summed E-state index contributed by atoms with van der Waals surface area (Å²) >= 11 is 2.78. The molecular weight excluding hydrogens is 270 g/mol. The maximum absolute atomic E-state index is 5.36. The lowest BCUT2D eigenvalue weighted by molar-refractivity contribution is 0.400. The first-order valence-corrected chi connectivity index (χ1v) is 6.94. The van der Waals surface area contributed by atoms with Crippen molar-refractivity contribution in [3.8, 4) is 5.75 Å². The van der Waals surface area contributed by atoms with Crippen molar-refractivity contribution in [2.24, 2.45) is 0 Å². The van der Waals surface area contributed by atoms with Crippen LogP contribution < -0.4 is 10.1 Å². The van der Waals surface area contributed by atoms with Gasteiger partial charge < -0.3 is 10.1 Å². The molecule has 0 radical (unpaired) electrons. The molecule has 0 saturated heterocycles. The number of rotatable bonds is 5. The van der Waals surface area contributed by atoms with Gasteiger partial charge in [-0.25, -0.2) is 15.0 Å². The predicted octanol–water partition coefficient (Wildman–Crippen LogP) is 2.23. The molecule has 0 fully saturated rings. The van der Waals surface area contributed by atoms with Gasteiger partial charge in [0.25, 0.3) is 0 Å². The zero-order chi connectivity index (χ0) is 13.0. The molecule has 2 rings (SSSR count). The Morgan fingerprint density at radius 2 is 2.28 bits per heavy atom. The van der Waals surface area contributed by atoms with Gasteiger partial charge in [0, 0.05) is 6.54 Å². The zero-order valence-electron chi connectivity index (χ0n) is 10.3. The summed E-state index contributed by atoms with van der Waals surface area (Å²) in [6.07, 6.45) is 1.51. The average Bonchev–Trinajstić information content (AvgIpc) is 2.76. The molecule has 0 saturated carbocycles. The number of nitrogens with zero attached hydrogens (tertiary/aromatic N) is 4. The zero-order valence-corrected chi connectivity index (χ0v) is 11.9. The van der Waals surface area contributed by atoms with E-state index in [1.165, 1.54) is 29.6 Å². The summed E-state index contributed by atoms with van der Waals surface area (Å²) in [5, 5.41) is 3.87. The van der Waals surface area contributed by atoms with Gasteiger partial charge in [0.1, 0.15) is 12.2 Å². The van der Waals surface area contributed by atoms with Crippen molar-refractivity contribution in [2.45, 2.75) is 23.2 Å². The summed E-state index contributed by atoms with van der Waals surface area (Å²) in [6, 6.07) is 0. The molecule has 0 aliphatic carbocycles. The van der Waals surface area contributed by atoms with Crippen LogP contribution >= 0.6 is 23.3 Å². The van der Waals surface area contributed by atoms with Crippen molar-refractivity contribution in [1.29, 1.82) is 0 Å². The van der Waals surface area contributed by atoms with Gasteiger partial charge >= 0.3 is 0 Å². The maximum atomic E-state index is 5.36. The van der Waals surface area contributed by atoms with E-state index < -0.39 is 0 Å². The Bertz CT molecular complexity index is 531.